The Morgan fingerprint density at radius 3 is 2.62 bits per heavy atom. The molecule has 1 aliphatic heterocycles. The van der Waals surface area contributed by atoms with Crippen molar-refractivity contribution in [3.05, 3.63) is 0 Å². The van der Waals surface area contributed by atoms with Gasteiger partial charge >= 0.3 is 5.69 Å². The Balaban J connectivity index is 2.79. The molecule has 0 amide bonds. The fourth-order valence-corrected chi connectivity index (χ4v) is 8.04. The van der Waals surface area contributed by atoms with Crippen LogP contribution in [0.2, 0.25) is 0 Å². The molecule has 0 saturated heterocycles. The van der Waals surface area contributed by atoms with Crippen molar-refractivity contribution in [1.82, 2.24) is 0 Å². The first kappa shape index (κ1) is 19.5. The van der Waals surface area contributed by atoms with Crippen LogP contribution in [0.15, 0.2) is 10.1 Å². The van der Waals surface area contributed by atoms with Crippen molar-refractivity contribution in [3.63, 3.8) is 0 Å². The van der Waals surface area contributed by atoms with Gasteiger partial charge in [0.2, 0.25) is 5.17 Å². The first-order valence-corrected chi connectivity index (χ1v) is 12.2. The number of hydrogen-bond donors (Lipinski definition) is 0. The summed E-state index contributed by atoms with van der Waals surface area (Å²) < 4.78 is 11.3. The molecule has 0 radical (unpaired) electrons. The average molecular weight is 369 g/mol. The van der Waals surface area contributed by atoms with Gasteiger partial charge in [-0.25, -0.2) is 4.99 Å². The van der Waals surface area contributed by atoms with Crippen LogP contribution in [-0.2, 0) is 21.0 Å². The van der Waals surface area contributed by atoms with E-state index in [-0.39, 0.29) is 4.75 Å². The molecule has 8 heteroatoms. The number of oxime groups is 1. The van der Waals surface area contributed by atoms with E-state index >= 15 is 0 Å². The lowest BCUT2D eigenvalue weighted by molar-refractivity contribution is 0.280. The fourth-order valence-electron chi connectivity index (χ4n) is 1.54. The second-order valence-corrected chi connectivity index (χ2v) is 13.0. The molecule has 3 unspecified atom stereocenters. The second kappa shape index (κ2) is 8.34. The largest absolute Gasteiger partial charge is 0.327 e. The zero-order valence-electron chi connectivity index (χ0n) is 13.6. The van der Waals surface area contributed by atoms with Gasteiger partial charge in [0.1, 0.15) is 0 Å². The summed E-state index contributed by atoms with van der Waals surface area (Å²) in [7, 11) is 0. The predicted molar refractivity (Wildman–Crippen MR) is 101 cm³/mol. The molecule has 0 N–H and O–H groups in total. The standard InChI is InChI=1S/C13H25N2O2PS3/c1-7-10(4)21-18(19,16-9-3)17-15-12-14-11(5)13(6,8-2)20-12/h10H,7-9H2,1-6H3. The molecule has 1 rings (SSSR count). The zero-order valence-corrected chi connectivity index (χ0v) is 16.9. The molecule has 1 aliphatic rings. The highest BCUT2D eigenvalue weighted by molar-refractivity contribution is 8.68. The van der Waals surface area contributed by atoms with Crippen LogP contribution in [0, 0.1) is 0 Å². The Bertz CT molecular complexity index is 470. The van der Waals surface area contributed by atoms with Crippen molar-refractivity contribution in [3.8, 4) is 0 Å². The normalized spacial score (nSPS) is 28.3. The number of nitrogens with zero attached hydrogens (tertiary/aromatic N) is 2. The lowest BCUT2D eigenvalue weighted by Gasteiger charge is -2.21. The molecule has 21 heavy (non-hydrogen) atoms. The molecule has 0 bridgehead atoms. The van der Waals surface area contributed by atoms with Crippen molar-refractivity contribution in [1.29, 1.82) is 0 Å². The third-order valence-electron chi connectivity index (χ3n) is 3.41. The van der Waals surface area contributed by atoms with Crippen LogP contribution in [0.25, 0.3) is 0 Å². The lowest BCUT2D eigenvalue weighted by Crippen LogP contribution is -2.24. The summed E-state index contributed by atoms with van der Waals surface area (Å²) >= 11 is 8.77. The summed E-state index contributed by atoms with van der Waals surface area (Å²) in [5, 5.41) is 5.23. The number of rotatable bonds is 8. The molecule has 4 nitrogen and oxygen atoms in total. The SMILES string of the molecule is CCOP(=S)(ON=C1N=C(C)C(C)(CC)S1)SC(C)CC. The Hall–Kier alpha value is 0.450. The van der Waals surface area contributed by atoms with E-state index in [9.17, 15) is 0 Å². The molecule has 0 aromatic heterocycles. The molecular formula is C13H25N2O2PS3. The molecule has 0 aliphatic carbocycles. The van der Waals surface area contributed by atoms with E-state index < -0.39 is 5.69 Å². The average Bonchev–Trinajstić information content (AvgIpc) is 2.73. The topological polar surface area (TPSA) is 43.2 Å². The maximum atomic E-state index is 5.67. The van der Waals surface area contributed by atoms with Gasteiger partial charge in [-0.05, 0) is 45.4 Å². The zero-order chi connectivity index (χ0) is 16.1. The predicted octanol–water partition coefficient (Wildman–Crippen LogP) is 5.44. The van der Waals surface area contributed by atoms with Gasteiger partial charge < -0.3 is 9.15 Å². The third-order valence-corrected chi connectivity index (χ3v) is 10.3. The van der Waals surface area contributed by atoms with Crippen LogP contribution >= 0.6 is 28.8 Å². The van der Waals surface area contributed by atoms with Gasteiger partial charge in [-0.15, -0.1) is 0 Å². The minimum Gasteiger partial charge on any atom is -0.327 e. The van der Waals surface area contributed by atoms with E-state index in [2.05, 4.69) is 37.8 Å². The summed E-state index contributed by atoms with van der Waals surface area (Å²) in [6.07, 6.45) is 2.03. The minimum atomic E-state index is -2.43. The van der Waals surface area contributed by atoms with Crippen LogP contribution in [0.3, 0.4) is 0 Å². The van der Waals surface area contributed by atoms with E-state index in [1.165, 1.54) is 0 Å². The third kappa shape index (κ3) is 5.54. The van der Waals surface area contributed by atoms with Gasteiger partial charge in [-0.3, -0.25) is 0 Å². The summed E-state index contributed by atoms with van der Waals surface area (Å²) in [5.74, 6) is 0. The van der Waals surface area contributed by atoms with Crippen LogP contribution in [-0.4, -0.2) is 27.5 Å². The van der Waals surface area contributed by atoms with E-state index in [4.69, 9.17) is 21.0 Å². The van der Waals surface area contributed by atoms with Crippen LogP contribution in [0.1, 0.15) is 54.4 Å². The Kier molecular flexibility index (Phi) is 7.75. The maximum Gasteiger partial charge on any atom is 0.322 e. The number of aliphatic imine (C=N–C) groups is 1. The van der Waals surface area contributed by atoms with E-state index in [0.717, 1.165) is 18.6 Å². The highest BCUT2D eigenvalue weighted by atomic mass is 32.9. The minimum absolute atomic E-state index is 0.0141. The Morgan fingerprint density at radius 1 is 1.48 bits per heavy atom. The van der Waals surface area contributed by atoms with Gasteiger partial charge in [0.25, 0.3) is 0 Å². The molecule has 122 valence electrons. The fraction of sp³-hybridized carbons (Fsp3) is 0.846. The van der Waals surface area contributed by atoms with Crippen LogP contribution in [0.4, 0.5) is 0 Å². The molecular weight excluding hydrogens is 343 g/mol. The summed E-state index contributed by atoms with van der Waals surface area (Å²) in [6.45, 7) is 13.1. The van der Waals surface area contributed by atoms with Crippen molar-refractivity contribution in [2.45, 2.75) is 64.4 Å². The number of thioether (sulfide) groups is 1. The lowest BCUT2D eigenvalue weighted by atomic mass is 10.0. The van der Waals surface area contributed by atoms with E-state index in [0.29, 0.717) is 17.0 Å². The first-order valence-electron chi connectivity index (χ1n) is 7.23. The van der Waals surface area contributed by atoms with Crippen molar-refractivity contribution >= 4 is 51.5 Å². The van der Waals surface area contributed by atoms with Crippen molar-refractivity contribution < 1.29 is 9.15 Å². The van der Waals surface area contributed by atoms with Gasteiger partial charge in [0.05, 0.1) is 11.4 Å². The van der Waals surface area contributed by atoms with Gasteiger partial charge in [-0.1, -0.05) is 49.1 Å². The molecule has 3 atom stereocenters. The molecule has 0 aromatic rings. The molecule has 0 spiro atoms. The Labute approximate surface area is 141 Å². The highest BCUT2D eigenvalue weighted by Gasteiger charge is 2.35. The smallest absolute Gasteiger partial charge is 0.322 e. The molecule has 0 aromatic carbocycles. The van der Waals surface area contributed by atoms with Gasteiger partial charge in [0, 0.05) is 11.0 Å². The molecule has 1 heterocycles. The monoisotopic (exact) mass is 368 g/mol. The van der Waals surface area contributed by atoms with E-state index in [1.807, 2.05) is 13.8 Å². The van der Waals surface area contributed by atoms with Crippen LogP contribution in [0.5, 0.6) is 0 Å². The van der Waals surface area contributed by atoms with E-state index in [1.54, 1.807) is 23.1 Å². The summed E-state index contributed by atoms with van der Waals surface area (Å²) in [5.41, 5.74) is -1.35. The highest BCUT2D eigenvalue weighted by Crippen LogP contribution is 2.63. The van der Waals surface area contributed by atoms with Gasteiger partial charge in [0.15, 0.2) is 0 Å². The van der Waals surface area contributed by atoms with Crippen molar-refractivity contribution in [2.24, 2.45) is 10.1 Å². The summed E-state index contributed by atoms with van der Waals surface area (Å²) in [6, 6.07) is 0. The van der Waals surface area contributed by atoms with Gasteiger partial charge in [-0.2, -0.15) is 0 Å². The maximum absolute atomic E-state index is 5.67. The second-order valence-electron chi connectivity index (χ2n) is 5.03. The van der Waals surface area contributed by atoms with Crippen molar-refractivity contribution in [2.75, 3.05) is 6.61 Å². The Morgan fingerprint density at radius 2 is 2.14 bits per heavy atom. The quantitative estimate of drug-likeness (QED) is 0.421. The first-order chi connectivity index (χ1) is 9.78. The summed E-state index contributed by atoms with van der Waals surface area (Å²) in [4.78, 5) is 4.49. The molecule has 0 fully saturated rings. The number of amidine groups is 1. The molecule has 0 saturated carbocycles. The number of hydrogen-bond acceptors (Lipinski definition) is 6. The van der Waals surface area contributed by atoms with Crippen LogP contribution < -0.4 is 0 Å².